The lowest BCUT2D eigenvalue weighted by molar-refractivity contribution is -0.147. The van der Waals surface area contributed by atoms with Crippen LogP contribution in [-0.4, -0.2) is 17.7 Å². The van der Waals surface area contributed by atoms with Gasteiger partial charge >= 0.3 is 5.97 Å². The van der Waals surface area contributed by atoms with Crippen LogP contribution < -0.4 is 4.74 Å². The molecule has 1 aromatic rings. The van der Waals surface area contributed by atoms with Gasteiger partial charge in [-0.1, -0.05) is 6.07 Å². The van der Waals surface area contributed by atoms with Crippen LogP contribution in [0, 0.1) is 5.41 Å². The second kappa shape index (κ2) is 5.01. The molecule has 0 heterocycles. The molecule has 0 fully saturated rings. The largest absolute Gasteiger partial charge is 0.494 e. The first-order chi connectivity index (χ1) is 8.49. The Balaban J connectivity index is 1.89. The summed E-state index contributed by atoms with van der Waals surface area (Å²) in [5, 5.41) is 9.01. The van der Waals surface area contributed by atoms with Gasteiger partial charge in [-0.3, -0.25) is 4.79 Å². The number of hydrogen-bond acceptors (Lipinski definition) is 2. The van der Waals surface area contributed by atoms with Crippen molar-refractivity contribution in [3.05, 3.63) is 29.3 Å². The highest BCUT2D eigenvalue weighted by atomic mass is 16.5. The van der Waals surface area contributed by atoms with Crippen molar-refractivity contribution in [3.63, 3.8) is 0 Å². The molecule has 1 aromatic carbocycles. The maximum atomic E-state index is 11.0. The van der Waals surface area contributed by atoms with Gasteiger partial charge in [-0.05, 0) is 62.8 Å². The first kappa shape index (κ1) is 12.9. The quantitative estimate of drug-likeness (QED) is 0.871. The predicted octanol–water partition coefficient (Wildman–Crippen LogP) is 3.06. The highest BCUT2D eigenvalue weighted by Crippen LogP contribution is 2.27. The van der Waals surface area contributed by atoms with E-state index in [0.717, 1.165) is 12.2 Å². The van der Waals surface area contributed by atoms with Crippen LogP contribution >= 0.6 is 0 Å². The van der Waals surface area contributed by atoms with E-state index < -0.39 is 11.4 Å². The molecule has 0 spiro atoms. The number of ether oxygens (including phenoxy) is 1. The summed E-state index contributed by atoms with van der Waals surface area (Å²) < 4.78 is 5.65. The molecule has 0 radical (unpaired) electrons. The van der Waals surface area contributed by atoms with Crippen LogP contribution in [0.1, 0.15) is 37.8 Å². The highest BCUT2D eigenvalue weighted by Gasteiger charge is 2.26. The standard InChI is InChI=1S/C15H20O3/c1-15(2,14(16)17)8-9-18-13-7-6-11-4-3-5-12(11)10-13/h6-7,10H,3-5,8-9H2,1-2H3,(H,16,17). The lowest BCUT2D eigenvalue weighted by Gasteiger charge is -2.19. The minimum absolute atomic E-state index is 0.443. The monoisotopic (exact) mass is 248 g/mol. The number of benzene rings is 1. The first-order valence-electron chi connectivity index (χ1n) is 6.47. The molecular weight excluding hydrogens is 228 g/mol. The summed E-state index contributed by atoms with van der Waals surface area (Å²) in [4.78, 5) is 11.0. The van der Waals surface area contributed by atoms with Crippen LogP contribution in [0.4, 0.5) is 0 Å². The summed E-state index contributed by atoms with van der Waals surface area (Å²) in [5.41, 5.74) is 2.08. The van der Waals surface area contributed by atoms with Crippen molar-refractivity contribution in [3.8, 4) is 5.75 Å². The molecule has 98 valence electrons. The van der Waals surface area contributed by atoms with Crippen LogP contribution in [0.25, 0.3) is 0 Å². The van der Waals surface area contributed by atoms with Gasteiger partial charge in [-0.15, -0.1) is 0 Å². The van der Waals surface area contributed by atoms with Crippen molar-refractivity contribution in [2.45, 2.75) is 39.5 Å². The first-order valence-corrected chi connectivity index (χ1v) is 6.47. The molecule has 0 saturated heterocycles. The topological polar surface area (TPSA) is 46.5 Å². The Morgan fingerprint density at radius 2 is 2.06 bits per heavy atom. The molecule has 1 N–H and O–H groups in total. The van der Waals surface area contributed by atoms with Gasteiger partial charge in [-0.2, -0.15) is 0 Å². The Kier molecular flexibility index (Phi) is 3.60. The van der Waals surface area contributed by atoms with Gasteiger partial charge in [0.1, 0.15) is 5.75 Å². The molecule has 0 unspecified atom stereocenters. The van der Waals surface area contributed by atoms with Crippen molar-refractivity contribution in [2.75, 3.05) is 6.61 Å². The fourth-order valence-electron chi connectivity index (χ4n) is 2.17. The van der Waals surface area contributed by atoms with Gasteiger partial charge in [0, 0.05) is 0 Å². The molecule has 3 nitrogen and oxygen atoms in total. The zero-order valence-corrected chi connectivity index (χ0v) is 11.0. The number of carboxylic acids is 1. The van der Waals surface area contributed by atoms with Crippen molar-refractivity contribution in [1.29, 1.82) is 0 Å². The van der Waals surface area contributed by atoms with Crippen LogP contribution in [0.15, 0.2) is 18.2 Å². The van der Waals surface area contributed by atoms with E-state index in [1.807, 2.05) is 6.07 Å². The predicted molar refractivity (Wildman–Crippen MR) is 70.0 cm³/mol. The molecule has 1 aliphatic rings. The summed E-state index contributed by atoms with van der Waals surface area (Å²) in [6.45, 7) is 3.89. The Morgan fingerprint density at radius 3 is 2.78 bits per heavy atom. The average Bonchev–Trinajstić information content (AvgIpc) is 2.75. The SMILES string of the molecule is CC(C)(CCOc1ccc2c(c1)CCC2)C(=O)O. The number of carboxylic acid groups (broad SMARTS) is 1. The number of aryl methyl sites for hydroxylation is 2. The lowest BCUT2D eigenvalue weighted by atomic mass is 9.90. The third kappa shape index (κ3) is 2.84. The number of fused-ring (bicyclic) bond motifs is 1. The van der Waals surface area contributed by atoms with Crippen LogP contribution in [0.3, 0.4) is 0 Å². The Morgan fingerprint density at radius 1 is 1.33 bits per heavy atom. The minimum atomic E-state index is -0.778. The normalized spacial score (nSPS) is 14.3. The van der Waals surface area contributed by atoms with Gasteiger partial charge in [0.15, 0.2) is 0 Å². The maximum absolute atomic E-state index is 11.0. The summed E-state index contributed by atoms with van der Waals surface area (Å²) in [5.74, 6) is 0.0805. The second-order valence-electron chi connectivity index (χ2n) is 5.57. The third-order valence-corrected chi connectivity index (χ3v) is 3.64. The molecule has 0 aliphatic heterocycles. The molecule has 3 heteroatoms. The van der Waals surface area contributed by atoms with Crippen molar-refractivity contribution < 1.29 is 14.6 Å². The van der Waals surface area contributed by atoms with Crippen LogP contribution in [-0.2, 0) is 17.6 Å². The van der Waals surface area contributed by atoms with Crippen LogP contribution in [0.2, 0.25) is 0 Å². The molecule has 18 heavy (non-hydrogen) atoms. The van der Waals surface area contributed by atoms with Gasteiger partial charge in [-0.25, -0.2) is 0 Å². The summed E-state index contributed by atoms with van der Waals surface area (Å²) in [7, 11) is 0. The highest BCUT2D eigenvalue weighted by molar-refractivity contribution is 5.73. The van der Waals surface area contributed by atoms with E-state index in [1.54, 1.807) is 13.8 Å². The fourth-order valence-corrected chi connectivity index (χ4v) is 2.17. The number of carbonyl (C=O) groups is 1. The summed E-state index contributed by atoms with van der Waals surface area (Å²) in [6.07, 6.45) is 4.04. The zero-order chi connectivity index (χ0) is 13.2. The van der Waals surface area contributed by atoms with Crippen molar-refractivity contribution in [2.24, 2.45) is 5.41 Å². The van der Waals surface area contributed by atoms with Gasteiger partial charge in [0.25, 0.3) is 0 Å². The number of hydrogen-bond donors (Lipinski definition) is 1. The average molecular weight is 248 g/mol. The Bertz CT molecular complexity index is 449. The van der Waals surface area contributed by atoms with E-state index in [-0.39, 0.29) is 0 Å². The minimum Gasteiger partial charge on any atom is -0.494 e. The fraction of sp³-hybridized carbons (Fsp3) is 0.533. The summed E-state index contributed by atoms with van der Waals surface area (Å²) >= 11 is 0. The third-order valence-electron chi connectivity index (χ3n) is 3.64. The maximum Gasteiger partial charge on any atom is 0.309 e. The van der Waals surface area contributed by atoms with E-state index in [4.69, 9.17) is 9.84 Å². The second-order valence-corrected chi connectivity index (χ2v) is 5.57. The molecular formula is C15H20O3. The zero-order valence-electron chi connectivity index (χ0n) is 11.0. The smallest absolute Gasteiger partial charge is 0.309 e. The van der Waals surface area contributed by atoms with E-state index in [1.165, 1.54) is 24.0 Å². The molecule has 0 aromatic heterocycles. The van der Waals surface area contributed by atoms with Gasteiger partial charge < -0.3 is 9.84 Å². The molecule has 0 atom stereocenters. The molecule has 2 rings (SSSR count). The Hall–Kier alpha value is -1.51. The van der Waals surface area contributed by atoms with E-state index in [0.29, 0.717) is 13.0 Å². The van der Waals surface area contributed by atoms with Crippen molar-refractivity contribution >= 4 is 5.97 Å². The number of aliphatic carboxylic acids is 1. The molecule has 0 amide bonds. The van der Waals surface area contributed by atoms with Gasteiger partial charge in [0.2, 0.25) is 0 Å². The lowest BCUT2D eigenvalue weighted by Crippen LogP contribution is -2.25. The van der Waals surface area contributed by atoms with E-state index >= 15 is 0 Å². The number of rotatable bonds is 5. The van der Waals surface area contributed by atoms with E-state index in [9.17, 15) is 4.79 Å². The molecule has 0 saturated carbocycles. The summed E-state index contributed by atoms with van der Waals surface area (Å²) in [6, 6.07) is 6.20. The van der Waals surface area contributed by atoms with E-state index in [2.05, 4.69) is 12.1 Å². The Labute approximate surface area is 108 Å². The molecule has 1 aliphatic carbocycles. The molecule has 0 bridgehead atoms. The van der Waals surface area contributed by atoms with Gasteiger partial charge in [0.05, 0.1) is 12.0 Å². The van der Waals surface area contributed by atoms with Crippen LogP contribution in [0.5, 0.6) is 5.75 Å². The van der Waals surface area contributed by atoms with Crippen molar-refractivity contribution in [1.82, 2.24) is 0 Å².